The molecule has 0 saturated heterocycles. The number of terminal acetylenes is 1. The van der Waals surface area contributed by atoms with Gasteiger partial charge >= 0.3 is 11.9 Å². The van der Waals surface area contributed by atoms with Gasteiger partial charge in [0.25, 0.3) is 0 Å². The minimum absolute atomic E-state index is 0.0100. The molecule has 17 heavy (non-hydrogen) atoms. The Morgan fingerprint density at radius 1 is 1.29 bits per heavy atom. The summed E-state index contributed by atoms with van der Waals surface area (Å²) in [6.07, 6.45) is 9.03. The van der Waals surface area contributed by atoms with E-state index in [-0.39, 0.29) is 19.4 Å². The molecule has 1 unspecified atom stereocenters. The van der Waals surface area contributed by atoms with Crippen LogP contribution in [0, 0.1) is 12.3 Å². The standard InChI is InChI=1S/C13H18O4/c1-4-6-7-10-16-12(14)8-9-13(15)17-11(3)5-2/h2,6-7,11H,4,8-10H2,1,3H3/b7-6-. The maximum atomic E-state index is 11.2. The molecule has 0 radical (unpaired) electrons. The quantitative estimate of drug-likeness (QED) is 0.386. The number of hydrogen-bond donors (Lipinski definition) is 0. The van der Waals surface area contributed by atoms with E-state index < -0.39 is 18.0 Å². The van der Waals surface area contributed by atoms with E-state index in [4.69, 9.17) is 15.9 Å². The molecule has 0 fully saturated rings. The molecule has 0 N–H and O–H groups in total. The Hall–Kier alpha value is -1.76. The third kappa shape index (κ3) is 9.19. The average Bonchev–Trinajstić information content (AvgIpc) is 2.32. The minimum atomic E-state index is -0.564. The smallest absolute Gasteiger partial charge is 0.307 e. The van der Waals surface area contributed by atoms with E-state index in [9.17, 15) is 9.59 Å². The number of hydrogen-bond acceptors (Lipinski definition) is 4. The molecular formula is C13H18O4. The van der Waals surface area contributed by atoms with E-state index >= 15 is 0 Å². The zero-order valence-corrected chi connectivity index (χ0v) is 10.3. The van der Waals surface area contributed by atoms with E-state index in [0.717, 1.165) is 6.42 Å². The Bertz CT molecular complexity index is 312. The van der Waals surface area contributed by atoms with Gasteiger partial charge in [-0.2, -0.15) is 0 Å². The maximum Gasteiger partial charge on any atom is 0.307 e. The normalized spacial score (nSPS) is 11.8. The highest BCUT2D eigenvalue weighted by molar-refractivity contribution is 5.77. The Morgan fingerprint density at radius 3 is 2.53 bits per heavy atom. The molecule has 0 aromatic carbocycles. The van der Waals surface area contributed by atoms with Crippen molar-refractivity contribution in [3.05, 3.63) is 12.2 Å². The van der Waals surface area contributed by atoms with Gasteiger partial charge in [0, 0.05) is 0 Å². The summed E-state index contributed by atoms with van der Waals surface area (Å²) >= 11 is 0. The van der Waals surface area contributed by atoms with Crippen molar-refractivity contribution in [2.45, 2.75) is 39.2 Å². The van der Waals surface area contributed by atoms with Gasteiger partial charge in [-0.25, -0.2) is 0 Å². The molecule has 94 valence electrons. The second kappa shape index (κ2) is 9.46. The van der Waals surface area contributed by atoms with Crippen LogP contribution in [0.5, 0.6) is 0 Å². The third-order valence-electron chi connectivity index (χ3n) is 1.82. The Morgan fingerprint density at radius 2 is 1.94 bits per heavy atom. The first kappa shape index (κ1) is 15.2. The molecule has 4 heteroatoms. The summed E-state index contributed by atoms with van der Waals surface area (Å²) < 4.78 is 9.65. The fourth-order valence-electron chi connectivity index (χ4n) is 0.942. The average molecular weight is 238 g/mol. The first-order valence-electron chi connectivity index (χ1n) is 5.56. The summed E-state index contributed by atoms with van der Waals surface area (Å²) in [5.41, 5.74) is 0. The largest absolute Gasteiger partial charge is 0.461 e. The van der Waals surface area contributed by atoms with Crippen LogP contribution in [0.3, 0.4) is 0 Å². The lowest BCUT2D eigenvalue weighted by Gasteiger charge is -2.06. The maximum absolute atomic E-state index is 11.2. The van der Waals surface area contributed by atoms with Crippen molar-refractivity contribution < 1.29 is 19.1 Å². The van der Waals surface area contributed by atoms with Gasteiger partial charge in [0.1, 0.15) is 6.61 Å². The van der Waals surface area contributed by atoms with Crippen LogP contribution in [0.25, 0.3) is 0 Å². The number of rotatable bonds is 7. The predicted octanol–water partition coefficient (Wildman–Crippen LogP) is 1.84. The summed E-state index contributed by atoms with van der Waals surface area (Å²) in [5.74, 6) is 1.35. The lowest BCUT2D eigenvalue weighted by atomic mass is 10.3. The monoisotopic (exact) mass is 238 g/mol. The molecule has 1 atom stereocenters. The first-order chi connectivity index (χ1) is 8.10. The number of carbonyl (C=O) groups excluding carboxylic acids is 2. The molecule has 0 amide bonds. The summed E-state index contributed by atoms with van der Waals surface area (Å²) in [5, 5.41) is 0. The highest BCUT2D eigenvalue weighted by Crippen LogP contribution is 1.99. The van der Waals surface area contributed by atoms with Crippen molar-refractivity contribution in [2.24, 2.45) is 0 Å². The van der Waals surface area contributed by atoms with E-state index in [1.807, 2.05) is 13.0 Å². The first-order valence-corrected chi connectivity index (χ1v) is 5.56. The summed E-state index contributed by atoms with van der Waals surface area (Å²) in [6.45, 7) is 3.81. The summed E-state index contributed by atoms with van der Waals surface area (Å²) in [6, 6.07) is 0. The van der Waals surface area contributed by atoms with E-state index in [2.05, 4.69) is 5.92 Å². The van der Waals surface area contributed by atoms with E-state index in [0.29, 0.717) is 0 Å². The minimum Gasteiger partial charge on any atom is -0.461 e. The van der Waals surface area contributed by atoms with Crippen LogP contribution in [-0.4, -0.2) is 24.6 Å². The molecule has 0 heterocycles. The molecule has 0 bridgehead atoms. The Balaban J connectivity index is 3.67. The summed E-state index contributed by atoms with van der Waals surface area (Å²) in [4.78, 5) is 22.3. The molecule has 0 saturated carbocycles. The van der Waals surface area contributed by atoms with Crippen molar-refractivity contribution in [2.75, 3.05) is 6.61 Å². The van der Waals surface area contributed by atoms with Crippen LogP contribution in [0.15, 0.2) is 12.2 Å². The van der Waals surface area contributed by atoms with Crippen molar-refractivity contribution in [1.82, 2.24) is 0 Å². The SMILES string of the molecule is C#CC(C)OC(=O)CCC(=O)OC/C=C\CC. The van der Waals surface area contributed by atoms with E-state index in [1.165, 1.54) is 0 Å². The predicted molar refractivity (Wildman–Crippen MR) is 64.0 cm³/mol. The zero-order chi connectivity index (χ0) is 13.1. The lowest BCUT2D eigenvalue weighted by Crippen LogP contribution is -2.15. The van der Waals surface area contributed by atoms with E-state index in [1.54, 1.807) is 13.0 Å². The molecule has 0 rings (SSSR count). The number of ether oxygens (including phenoxy) is 2. The third-order valence-corrected chi connectivity index (χ3v) is 1.82. The summed E-state index contributed by atoms with van der Waals surface area (Å²) in [7, 11) is 0. The fourth-order valence-corrected chi connectivity index (χ4v) is 0.942. The molecule has 0 aliphatic heterocycles. The van der Waals surface area contributed by atoms with Crippen molar-refractivity contribution in [3.63, 3.8) is 0 Å². The van der Waals surface area contributed by atoms with Crippen molar-refractivity contribution in [3.8, 4) is 12.3 Å². The number of esters is 2. The number of carbonyl (C=O) groups is 2. The van der Waals surface area contributed by atoms with Crippen LogP contribution < -0.4 is 0 Å². The molecule has 0 aromatic rings. The molecular weight excluding hydrogens is 220 g/mol. The van der Waals surface area contributed by atoms with Crippen LogP contribution in [0.1, 0.15) is 33.1 Å². The van der Waals surface area contributed by atoms with Gasteiger partial charge in [-0.05, 0) is 13.3 Å². The molecule has 0 aliphatic carbocycles. The molecule has 0 spiro atoms. The second-order valence-electron chi connectivity index (χ2n) is 3.36. The van der Waals surface area contributed by atoms with Crippen LogP contribution >= 0.6 is 0 Å². The molecule has 0 aliphatic rings. The lowest BCUT2D eigenvalue weighted by molar-refractivity contribution is -0.151. The number of allylic oxidation sites excluding steroid dienone is 1. The van der Waals surface area contributed by atoms with Crippen molar-refractivity contribution >= 4 is 11.9 Å². The van der Waals surface area contributed by atoms with Gasteiger partial charge in [0.15, 0.2) is 6.10 Å². The molecule has 4 nitrogen and oxygen atoms in total. The van der Waals surface area contributed by atoms with Gasteiger partial charge in [0.2, 0.25) is 0 Å². The fraction of sp³-hybridized carbons (Fsp3) is 0.538. The van der Waals surface area contributed by atoms with Gasteiger partial charge in [-0.15, -0.1) is 6.42 Å². The Kier molecular flexibility index (Phi) is 8.48. The Labute approximate surface area is 102 Å². The second-order valence-corrected chi connectivity index (χ2v) is 3.36. The van der Waals surface area contributed by atoms with Crippen LogP contribution in [0.2, 0.25) is 0 Å². The van der Waals surface area contributed by atoms with Crippen molar-refractivity contribution in [1.29, 1.82) is 0 Å². The van der Waals surface area contributed by atoms with Crippen LogP contribution in [0.4, 0.5) is 0 Å². The zero-order valence-electron chi connectivity index (χ0n) is 10.3. The van der Waals surface area contributed by atoms with Crippen LogP contribution in [-0.2, 0) is 19.1 Å². The highest BCUT2D eigenvalue weighted by atomic mass is 16.5. The van der Waals surface area contributed by atoms with Gasteiger partial charge in [-0.3, -0.25) is 9.59 Å². The topological polar surface area (TPSA) is 52.6 Å². The van der Waals surface area contributed by atoms with Gasteiger partial charge < -0.3 is 9.47 Å². The van der Waals surface area contributed by atoms with Gasteiger partial charge in [-0.1, -0.05) is 25.0 Å². The van der Waals surface area contributed by atoms with Gasteiger partial charge in [0.05, 0.1) is 12.8 Å². The molecule has 0 aromatic heterocycles. The highest BCUT2D eigenvalue weighted by Gasteiger charge is 2.10.